The van der Waals surface area contributed by atoms with E-state index < -0.39 is 6.09 Å². The summed E-state index contributed by atoms with van der Waals surface area (Å²) in [5.74, 6) is 0. The molecular formula is C8H14N4O2. The molecule has 0 saturated carbocycles. The Hall–Kier alpha value is -1.42. The first-order valence-electron chi connectivity index (χ1n) is 4.76. The highest BCUT2D eigenvalue weighted by Gasteiger charge is 2.25. The molecule has 1 fully saturated rings. The number of piperidine rings is 1. The summed E-state index contributed by atoms with van der Waals surface area (Å²) in [5.41, 5.74) is 8.10. The van der Waals surface area contributed by atoms with Crippen LogP contribution in [0.5, 0.6) is 0 Å². The van der Waals surface area contributed by atoms with E-state index in [1.807, 2.05) is 0 Å². The van der Waals surface area contributed by atoms with E-state index >= 15 is 0 Å². The molecule has 1 rings (SSSR count). The van der Waals surface area contributed by atoms with Crippen LogP contribution in [0.2, 0.25) is 0 Å². The van der Waals surface area contributed by atoms with E-state index in [9.17, 15) is 4.79 Å². The largest absolute Gasteiger partial charge is 0.465 e. The normalized spacial score (nSPS) is 21.4. The molecule has 0 aliphatic carbocycles. The van der Waals surface area contributed by atoms with E-state index in [4.69, 9.17) is 10.6 Å². The van der Waals surface area contributed by atoms with Gasteiger partial charge in [0.1, 0.15) is 0 Å². The van der Waals surface area contributed by atoms with Gasteiger partial charge in [-0.05, 0) is 31.2 Å². The molecule has 0 bridgehead atoms. The van der Waals surface area contributed by atoms with E-state index in [-0.39, 0.29) is 6.04 Å². The van der Waals surface area contributed by atoms with Crippen LogP contribution in [0.15, 0.2) is 5.11 Å². The van der Waals surface area contributed by atoms with E-state index in [1.165, 1.54) is 4.90 Å². The summed E-state index contributed by atoms with van der Waals surface area (Å²) >= 11 is 0. The maximum Gasteiger partial charge on any atom is 0.407 e. The molecule has 1 heterocycles. The number of amides is 1. The van der Waals surface area contributed by atoms with Crippen molar-refractivity contribution in [3.05, 3.63) is 10.4 Å². The third-order valence-electron chi connectivity index (χ3n) is 2.50. The summed E-state index contributed by atoms with van der Waals surface area (Å²) in [7, 11) is 0. The minimum Gasteiger partial charge on any atom is -0.465 e. The molecule has 0 aromatic heterocycles. The Morgan fingerprint density at radius 3 is 3.07 bits per heavy atom. The first-order chi connectivity index (χ1) is 6.75. The van der Waals surface area contributed by atoms with E-state index in [1.54, 1.807) is 0 Å². The van der Waals surface area contributed by atoms with Crippen LogP contribution in [0, 0.1) is 0 Å². The number of rotatable bonds is 3. The lowest BCUT2D eigenvalue weighted by atomic mass is 10.00. The average molecular weight is 198 g/mol. The van der Waals surface area contributed by atoms with Crippen molar-refractivity contribution in [2.24, 2.45) is 5.11 Å². The zero-order valence-corrected chi connectivity index (χ0v) is 7.96. The van der Waals surface area contributed by atoms with E-state index in [0.29, 0.717) is 19.5 Å². The zero-order chi connectivity index (χ0) is 10.4. The fourth-order valence-electron chi connectivity index (χ4n) is 1.80. The second kappa shape index (κ2) is 5.34. The Morgan fingerprint density at radius 2 is 2.43 bits per heavy atom. The molecule has 1 aliphatic heterocycles. The molecule has 1 amide bonds. The van der Waals surface area contributed by atoms with Crippen molar-refractivity contribution >= 4 is 6.09 Å². The highest BCUT2D eigenvalue weighted by atomic mass is 16.4. The molecule has 1 aliphatic rings. The van der Waals surface area contributed by atoms with Gasteiger partial charge in [0.25, 0.3) is 0 Å². The Kier molecular flexibility index (Phi) is 4.07. The SMILES string of the molecule is [N-]=[N+]=NCCC1CCCCN1C(=O)O. The predicted molar refractivity (Wildman–Crippen MR) is 51.0 cm³/mol. The Bertz CT molecular complexity index is 250. The van der Waals surface area contributed by atoms with Crippen molar-refractivity contribution < 1.29 is 9.90 Å². The summed E-state index contributed by atoms with van der Waals surface area (Å²) < 4.78 is 0. The predicted octanol–water partition coefficient (Wildman–Crippen LogP) is 2.22. The summed E-state index contributed by atoms with van der Waals surface area (Å²) in [6.07, 6.45) is 2.65. The fourth-order valence-corrected chi connectivity index (χ4v) is 1.80. The molecule has 1 atom stereocenters. The molecule has 0 aromatic rings. The monoisotopic (exact) mass is 198 g/mol. The number of likely N-dealkylation sites (tertiary alicyclic amines) is 1. The van der Waals surface area contributed by atoms with Crippen LogP contribution < -0.4 is 0 Å². The number of azide groups is 1. The van der Waals surface area contributed by atoms with Gasteiger partial charge < -0.3 is 10.0 Å². The van der Waals surface area contributed by atoms with Crippen LogP contribution in [0.3, 0.4) is 0 Å². The lowest BCUT2D eigenvalue weighted by molar-refractivity contribution is 0.104. The van der Waals surface area contributed by atoms with Crippen molar-refractivity contribution in [1.82, 2.24) is 4.90 Å². The minimum atomic E-state index is -0.865. The Balaban J connectivity index is 2.45. The van der Waals surface area contributed by atoms with Crippen molar-refractivity contribution in [2.75, 3.05) is 13.1 Å². The van der Waals surface area contributed by atoms with Crippen LogP contribution in [-0.2, 0) is 0 Å². The third kappa shape index (κ3) is 2.81. The molecule has 14 heavy (non-hydrogen) atoms. The van der Waals surface area contributed by atoms with Gasteiger partial charge in [0, 0.05) is 24.0 Å². The third-order valence-corrected chi connectivity index (χ3v) is 2.50. The molecular weight excluding hydrogens is 184 g/mol. The number of hydrogen-bond donors (Lipinski definition) is 1. The molecule has 0 radical (unpaired) electrons. The number of carboxylic acid groups (broad SMARTS) is 1. The average Bonchev–Trinajstić information content (AvgIpc) is 2.19. The Labute approximate surface area is 82.1 Å². The van der Waals surface area contributed by atoms with Crippen LogP contribution in [0.1, 0.15) is 25.7 Å². The van der Waals surface area contributed by atoms with Crippen LogP contribution in [0.25, 0.3) is 10.4 Å². The van der Waals surface area contributed by atoms with Crippen LogP contribution in [-0.4, -0.2) is 35.2 Å². The summed E-state index contributed by atoms with van der Waals surface area (Å²) in [5, 5.41) is 12.3. The summed E-state index contributed by atoms with van der Waals surface area (Å²) in [4.78, 5) is 14.9. The van der Waals surface area contributed by atoms with Gasteiger partial charge in [-0.3, -0.25) is 0 Å². The maximum absolute atomic E-state index is 10.8. The highest BCUT2D eigenvalue weighted by Crippen LogP contribution is 2.19. The number of nitrogens with zero attached hydrogens (tertiary/aromatic N) is 4. The summed E-state index contributed by atoms with van der Waals surface area (Å²) in [6.45, 7) is 0.987. The van der Waals surface area contributed by atoms with Gasteiger partial charge in [0.15, 0.2) is 0 Å². The van der Waals surface area contributed by atoms with E-state index in [2.05, 4.69) is 10.0 Å². The molecule has 1 saturated heterocycles. The Morgan fingerprint density at radius 1 is 1.64 bits per heavy atom. The van der Waals surface area contributed by atoms with Crippen molar-refractivity contribution in [1.29, 1.82) is 0 Å². The number of hydrogen-bond acceptors (Lipinski definition) is 2. The van der Waals surface area contributed by atoms with E-state index in [0.717, 1.165) is 19.3 Å². The van der Waals surface area contributed by atoms with Gasteiger partial charge in [-0.15, -0.1) is 0 Å². The van der Waals surface area contributed by atoms with Crippen LogP contribution >= 0.6 is 0 Å². The minimum absolute atomic E-state index is 0.0340. The standard InChI is InChI=1S/C8H14N4O2/c9-11-10-5-4-7-3-1-2-6-12(7)8(13)14/h7H,1-6H2,(H,13,14). The molecule has 1 unspecified atom stereocenters. The highest BCUT2D eigenvalue weighted by molar-refractivity contribution is 5.65. The van der Waals surface area contributed by atoms with Crippen molar-refractivity contribution in [3.63, 3.8) is 0 Å². The summed E-state index contributed by atoms with van der Waals surface area (Å²) in [6, 6.07) is 0.0340. The molecule has 1 N–H and O–H groups in total. The first kappa shape index (κ1) is 10.7. The van der Waals surface area contributed by atoms with Gasteiger partial charge in [0.05, 0.1) is 0 Å². The molecule has 78 valence electrons. The lowest BCUT2D eigenvalue weighted by Gasteiger charge is -2.33. The lowest BCUT2D eigenvalue weighted by Crippen LogP contribution is -2.43. The van der Waals surface area contributed by atoms with Crippen molar-refractivity contribution in [2.45, 2.75) is 31.7 Å². The first-order valence-corrected chi connectivity index (χ1v) is 4.76. The molecule has 6 nitrogen and oxygen atoms in total. The van der Waals surface area contributed by atoms with Gasteiger partial charge in [-0.1, -0.05) is 5.11 Å². The maximum atomic E-state index is 10.8. The molecule has 0 spiro atoms. The quantitative estimate of drug-likeness (QED) is 0.428. The fraction of sp³-hybridized carbons (Fsp3) is 0.875. The van der Waals surface area contributed by atoms with Gasteiger partial charge in [0.2, 0.25) is 0 Å². The molecule has 0 aromatic carbocycles. The topological polar surface area (TPSA) is 89.3 Å². The van der Waals surface area contributed by atoms with Gasteiger partial charge in [-0.25, -0.2) is 4.79 Å². The second-order valence-corrected chi connectivity index (χ2v) is 3.37. The number of carbonyl (C=O) groups is 1. The van der Waals surface area contributed by atoms with Gasteiger partial charge >= 0.3 is 6.09 Å². The zero-order valence-electron chi connectivity index (χ0n) is 7.96. The van der Waals surface area contributed by atoms with Gasteiger partial charge in [-0.2, -0.15) is 0 Å². The smallest absolute Gasteiger partial charge is 0.407 e. The van der Waals surface area contributed by atoms with Crippen LogP contribution in [0.4, 0.5) is 4.79 Å². The van der Waals surface area contributed by atoms with Crippen molar-refractivity contribution in [3.8, 4) is 0 Å². The second-order valence-electron chi connectivity index (χ2n) is 3.37. The molecule has 6 heteroatoms.